The number of rotatable bonds is 12. The van der Waals surface area contributed by atoms with Crippen LogP contribution in [-0.4, -0.2) is 32.9 Å². The maximum absolute atomic E-state index is 5.42. The molecule has 0 atom stereocenters. The molecule has 0 aliphatic carbocycles. The minimum atomic E-state index is -0.106. The number of hydrogen-bond acceptors (Lipinski definition) is 4. The second-order valence-electron chi connectivity index (χ2n) is 3.48. The van der Waals surface area contributed by atoms with Crippen molar-refractivity contribution in [2.24, 2.45) is 0 Å². The van der Waals surface area contributed by atoms with Crippen molar-refractivity contribution < 1.29 is 18.9 Å². The van der Waals surface area contributed by atoms with Gasteiger partial charge in [-0.2, -0.15) is 0 Å². The largest absolute Gasteiger partial charge is 0.475 e. The van der Waals surface area contributed by atoms with Crippen molar-refractivity contribution in [1.82, 2.24) is 0 Å². The van der Waals surface area contributed by atoms with E-state index in [1.807, 2.05) is 19.9 Å². The van der Waals surface area contributed by atoms with Gasteiger partial charge in [-0.3, -0.25) is 0 Å². The van der Waals surface area contributed by atoms with E-state index >= 15 is 0 Å². The van der Waals surface area contributed by atoms with Crippen LogP contribution in [-0.2, 0) is 18.9 Å². The third-order valence-electron chi connectivity index (χ3n) is 1.97. The van der Waals surface area contributed by atoms with Gasteiger partial charge in [-0.05, 0) is 32.8 Å². The van der Waals surface area contributed by atoms with E-state index in [4.69, 9.17) is 18.9 Å². The highest BCUT2D eigenvalue weighted by molar-refractivity contribution is 4.73. The normalized spacial score (nSPS) is 11.5. The van der Waals surface area contributed by atoms with Crippen molar-refractivity contribution >= 4 is 0 Å². The fourth-order valence-corrected chi connectivity index (χ4v) is 1.25. The average Bonchev–Trinajstić information content (AvgIpc) is 2.33. The SMILES string of the molecule is CCCOCOC=CCCC(OCC)OCC. The molecule has 0 spiro atoms. The first-order chi connectivity index (χ1) is 8.35. The molecule has 0 bridgehead atoms. The predicted molar refractivity (Wildman–Crippen MR) is 67.6 cm³/mol. The van der Waals surface area contributed by atoms with Gasteiger partial charge in [0.15, 0.2) is 13.1 Å². The lowest BCUT2D eigenvalue weighted by atomic mass is 10.3. The van der Waals surface area contributed by atoms with Crippen LogP contribution in [0.5, 0.6) is 0 Å². The standard InChI is InChI=1S/C13H26O4/c1-4-10-14-12-15-11-8-7-9-13(16-5-2)17-6-3/h8,11,13H,4-7,9-10,12H2,1-3H3. The van der Waals surface area contributed by atoms with E-state index in [9.17, 15) is 0 Å². The van der Waals surface area contributed by atoms with Crippen LogP contribution in [0.15, 0.2) is 12.3 Å². The van der Waals surface area contributed by atoms with Crippen LogP contribution in [0.1, 0.15) is 40.0 Å². The molecule has 17 heavy (non-hydrogen) atoms. The van der Waals surface area contributed by atoms with Crippen LogP contribution in [0, 0.1) is 0 Å². The highest BCUT2D eigenvalue weighted by Crippen LogP contribution is 2.05. The van der Waals surface area contributed by atoms with E-state index in [0.717, 1.165) is 25.9 Å². The van der Waals surface area contributed by atoms with Gasteiger partial charge in [0.1, 0.15) is 0 Å². The second kappa shape index (κ2) is 13.5. The fourth-order valence-electron chi connectivity index (χ4n) is 1.25. The summed E-state index contributed by atoms with van der Waals surface area (Å²) in [5, 5.41) is 0. The molecule has 0 aromatic carbocycles. The van der Waals surface area contributed by atoms with E-state index in [0.29, 0.717) is 20.0 Å². The first-order valence-electron chi connectivity index (χ1n) is 6.42. The zero-order chi connectivity index (χ0) is 12.8. The summed E-state index contributed by atoms with van der Waals surface area (Å²) in [4.78, 5) is 0. The van der Waals surface area contributed by atoms with Gasteiger partial charge >= 0.3 is 0 Å². The smallest absolute Gasteiger partial charge is 0.188 e. The molecule has 0 heterocycles. The number of ether oxygens (including phenoxy) is 4. The Balaban J connectivity index is 3.41. The summed E-state index contributed by atoms with van der Waals surface area (Å²) in [6, 6.07) is 0. The predicted octanol–water partition coefficient (Wildman–Crippen LogP) is 3.08. The molecule has 0 aliphatic rings. The lowest BCUT2D eigenvalue weighted by molar-refractivity contribution is -0.138. The molecule has 0 aromatic rings. The molecule has 4 heteroatoms. The Morgan fingerprint density at radius 1 is 1.06 bits per heavy atom. The van der Waals surface area contributed by atoms with E-state index in [1.165, 1.54) is 0 Å². The summed E-state index contributed by atoms with van der Waals surface area (Å²) in [5.41, 5.74) is 0. The van der Waals surface area contributed by atoms with Gasteiger partial charge in [0.2, 0.25) is 0 Å². The van der Waals surface area contributed by atoms with Crippen LogP contribution in [0.4, 0.5) is 0 Å². The first kappa shape index (κ1) is 16.4. The quantitative estimate of drug-likeness (QED) is 0.301. The Morgan fingerprint density at radius 2 is 1.76 bits per heavy atom. The lowest BCUT2D eigenvalue weighted by Gasteiger charge is -2.15. The monoisotopic (exact) mass is 246 g/mol. The van der Waals surface area contributed by atoms with Crippen LogP contribution >= 0.6 is 0 Å². The molecule has 0 fully saturated rings. The number of hydrogen-bond donors (Lipinski definition) is 0. The Morgan fingerprint density at radius 3 is 2.35 bits per heavy atom. The van der Waals surface area contributed by atoms with Crippen LogP contribution < -0.4 is 0 Å². The molecule has 0 rings (SSSR count). The molecule has 4 nitrogen and oxygen atoms in total. The van der Waals surface area contributed by atoms with Crippen molar-refractivity contribution in [2.75, 3.05) is 26.6 Å². The Kier molecular flexibility index (Phi) is 13.0. The maximum Gasteiger partial charge on any atom is 0.188 e. The molecule has 0 aliphatic heterocycles. The first-order valence-corrected chi connectivity index (χ1v) is 6.42. The number of allylic oxidation sites excluding steroid dienone is 1. The molecular formula is C13H26O4. The molecule has 0 saturated heterocycles. The summed E-state index contributed by atoms with van der Waals surface area (Å²) >= 11 is 0. The highest BCUT2D eigenvalue weighted by atomic mass is 16.7. The van der Waals surface area contributed by atoms with Crippen LogP contribution in [0.25, 0.3) is 0 Å². The molecule has 0 amide bonds. The Labute approximate surface area is 105 Å². The molecule has 0 saturated carbocycles. The van der Waals surface area contributed by atoms with Crippen LogP contribution in [0.3, 0.4) is 0 Å². The summed E-state index contributed by atoms with van der Waals surface area (Å²) < 4.78 is 21.2. The van der Waals surface area contributed by atoms with Crippen molar-refractivity contribution in [2.45, 2.75) is 46.3 Å². The molecule has 0 unspecified atom stereocenters. The van der Waals surface area contributed by atoms with Gasteiger partial charge in [0.25, 0.3) is 0 Å². The van der Waals surface area contributed by atoms with Gasteiger partial charge in [0, 0.05) is 19.6 Å². The molecule has 102 valence electrons. The Hall–Kier alpha value is -0.580. The van der Waals surface area contributed by atoms with Crippen molar-refractivity contribution in [3.8, 4) is 0 Å². The maximum atomic E-state index is 5.42. The van der Waals surface area contributed by atoms with E-state index < -0.39 is 0 Å². The molecule has 0 aromatic heterocycles. The van der Waals surface area contributed by atoms with Gasteiger partial charge < -0.3 is 18.9 Å². The van der Waals surface area contributed by atoms with E-state index in [1.54, 1.807) is 6.26 Å². The third-order valence-corrected chi connectivity index (χ3v) is 1.97. The minimum Gasteiger partial charge on any atom is -0.475 e. The highest BCUT2D eigenvalue weighted by Gasteiger charge is 2.05. The summed E-state index contributed by atoms with van der Waals surface area (Å²) in [6.07, 6.45) is 6.25. The van der Waals surface area contributed by atoms with Gasteiger partial charge in [-0.1, -0.05) is 6.92 Å². The summed E-state index contributed by atoms with van der Waals surface area (Å²) in [6.45, 7) is 8.42. The van der Waals surface area contributed by atoms with Crippen molar-refractivity contribution in [1.29, 1.82) is 0 Å². The van der Waals surface area contributed by atoms with E-state index in [-0.39, 0.29) is 6.29 Å². The van der Waals surface area contributed by atoms with Crippen molar-refractivity contribution in [3.05, 3.63) is 12.3 Å². The molecule has 0 N–H and O–H groups in total. The minimum absolute atomic E-state index is 0.106. The van der Waals surface area contributed by atoms with Crippen molar-refractivity contribution in [3.63, 3.8) is 0 Å². The Bertz CT molecular complexity index is 165. The fraction of sp³-hybridized carbons (Fsp3) is 0.846. The third kappa shape index (κ3) is 11.7. The average molecular weight is 246 g/mol. The topological polar surface area (TPSA) is 36.9 Å². The van der Waals surface area contributed by atoms with E-state index in [2.05, 4.69) is 6.92 Å². The molecular weight excluding hydrogens is 220 g/mol. The summed E-state index contributed by atoms with van der Waals surface area (Å²) in [5.74, 6) is 0. The zero-order valence-electron chi connectivity index (χ0n) is 11.3. The van der Waals surface area contributed by atoms with Gasteiger partial charge in [-0.15, -0.1) is 0 Å². The lowest BCUT2D eigenvalue weighted by Crippen LogP contribution is -2.16. The van der Waals surface area contributed by atoms with Gasteiger partial charge in [0.05, 0.1) is 12.9 Å². The van der Waals surface area contributed by atoms with Crippen LogP contribution in [0.2, 0.25) is 0 Å². The zero-order valence-corrected chi connectivity index (χ0v) is 11.3. The molecule has 0 radical (unpaired) electrons. The second-order valence-corrected chi connectivity index (χ2v) is 3.48. The van der Waals surface area contributed by atoms with Gasteiger partial charge in [-0.25, -0.2) is 0 Å². The summed E-state index contributed by atoms with van der Waals surface area (Å²) in [7, 11) is 0.